The van der Waals surface area contributed by atoms with Crippen LogP contribution in [0.15, 0.2) is 78.5 Å². The average molecular weight is 464 g/mol. The van der Waals surface area contributed by atoms with Crippen molar-refractivity contribution in [3.05, 3.63) is 84.7 Å². The zero-order valence-electron chi connectivity index (χ0n) is 18.9. The molecular weight excluding hydrogens is 434 g/mol. The zero-order chi connectivity index (χ0) is 23.6. The number of anilines is 1. The van der Waals surface area contributed by atoms with E-state index in [4.69, 9.17) is 0 Å². The first kappa shape index (κ1) is 24.3. The fraction of sp³-hybridized carbons (Fsp3) is 0.280. The summed E-state index contributed by atoms with van der Waals surface area (Å²) in [6.07, 6.45) is 2.11. The molecule has 8 heteroatoms. The Kier molecular flexibility index (Phi) is 8.83. The highest BCUT2D eigenvalue weighted by atomic mass is 32.2. The minimum atomic E-state index is -0.319. The summed E-state index contributed by atoms with van der Waals surface area (Å²) in [4.78, 5) is 25.0. The molecule has 3 rings (SSSR count). The molecule has 0 fully saturated rings. The van der Waals surface area contributed by atoms with Gasteiger partial charge >= 0.3 is 0 Å². The molecule has 33 heavy (non-hydrogen) atoms. The number of nitrogens with one attached hydrogen (secondary N) is 2. The van der Waals surface area contributed by atoms with Crippen LogP contribution in [0.2, 0.25) is 0 Å². The third-order valence-electron chi connectivity index (χ3n) is 4.94. The van der Waals surface area contributed by atoms with Crippen LogP contribution in [0.3, 0.4) is 0 Å². The molecule has 0 aliphatic heterocycles. The Bertz CT molecular complexity index is 1070. The number of carbonyl (C=O) groups excluding carboxylic acids is 2. The van der Waals surface area contributed by atoms with Crippen LogP contribution in [0, 0.1) is 5.92 Å². The summed E-state index contributed by atoms with van der Waals surface area (Å²) in [5.74, 6) is 1.11. The molecule has 0 spiro atoms. The molecule has 2 aromatic carbocycles. The van der Waals surface area contributed by atoms with Gasteiger partial charge in [-0.15, -0.1) is 16.8 Å². The molecule has 7 nitrogen and oxygen atoms in total. The highest BCUT2D eigenvalue weighted by Crippen LogP contribution is 2.26. The number of thioether (sulfide) groups is 1. The highest BCUT2D eigenvalue weighted by molar-refractivity contribution is 7.99. The predicted molar refractivity (Wildman–Crippen MR) is 132 cm³/mol. The molecule has 1 heterocycles. The lowest BCUT2D eigenvalue weighted by molar-refractivity contribution is -0.115. The number of para-hydroxylation sites is 1. The van der Waals surface area contributed by atoms with Crippen molar-refractivity contribution < 1.29 is 9.59 Å². The second-order valence-electron chi connectivity index (χ2n) is 7.81. The predicted octanol–water partition coefficient (Wildman–Crippen LogP) is 4.71. The van der Waals surface area contributed by atoms with E-state index in [2.05, 4.69) is 27.4 Å². The number of rotatable bonds is 11. The van der Waals surface area contributed by atoms with Gasteiger partial charge in [-0.25, -0.2) is 0 Å². The molecule has 2 amide bonds. The van der Waals surface area contributed by atoms with Crippen LogP contribution in [-0.2, 0) is 11.3 Å². The maximum absolute atomic E-state index is 12.8. The SMILES string of the molecule is C=CCn1c(SCCC(=O)Nc2ccccc2)nnc1[C@@H](NC(=O)c1ccccc1)C(C)C. The van der Waals surface area contributed by atoms with Gasteiger partial charge in [-0.05, 0) is 30.2 Å². The summed E-state index contributed by atoms with van der Waals surface area (Å²) in [6, 6.07) is 18.2. The van der Waals surface area contributed by atoms with Crippen molar-refractivity contribution in [1.29, 1.82) is 0 Å². The summed E-state index contributed by atoms with van der Waals surface area (Å²) in [7, 11) is 0. The molecule has 0 aliphatic rings. The van der Waals surface area contributed by atoms with Crippen molar-refractivity contribution in [3.8, 4) is 0 Å². The molecular formula is C25H29N5O2S. The summed E-state index contributed by atoms with van der Waals surface area (Å²) in [5, 5.41) is 15.4. The fourth-order valence-corrected chi connectivity index (χ4v) is 4.15. The van der Waals surface area contributed by atoms with Gasteiger partial charge in [-0.2, -0.15) is 0 Å². The first-order valence-corrected chi connectivity index (χ1v) is 11.9. The van der Waals surface area contributed by atoms with Crippen molar-refractivity contribution in [2.24, 2.45) is 5.92 Å². The number of allylic oxidation sites excluding steroid dienone is 1. The zero-order valence-corrected chi connectivity index (χ0v) is 19.7. The normalized spacial score (nSPS) is 11.7. The van der Waals surface area contributed by atoms with Crippen molar-refractivity contribution in [2.75, 3.05) is 11.1 Å². The van der Waals surface area contributed by atoms with Crippen LogP contribution >= 0.6 is 11.8 Å². The van der Waals surface area contributed by atoms with Gasteiger partial charge < -0.3 is 15.2 Å². The average Bonchev–Trinajstić information content (AvgIpc) is 3.20. The summed E-state index contributed by atoms with van der Waals surface area (Å²) in [5.41, 5.74) is 1.37. The van der Waals surface area contributed by atoms with Crippen LogP contribution < -0.4 is 10.6 Å². The lowest BCUT2D eigenvalue weighted by Gasteiger charge is -2.22. The van der Waals surface area contributed by atoms with Gasteiger partial charge in [0.2, 0.25) is 5.91 Å². The topological polar surface area (TPSA) is 88.9 Å². The van der Waals surface area contributed by atoms with E-state index < -0.39 is 0 Å². The minimum Gasteiger partial charge on any atom is -0.342 e. The van der Waals surface area contributed by atoms with Crippen molar-refractivity contribution >= 4 is 29.3 Å². The lowest BCUT2D eigenvalue weighted by Crippen LogP contribution is -2.33. The van der Waals surface area contributed by atoms with Gasteiger partial charge in [0, 0.05) is 30.0 Å². The molecule has 0 aliphatic carbocycles. The Hall–Kier alpha value is -3.39. The Morgan fingerprint density at radius 3 is 2.36 bits per heavy atom. The molecule has 3 aromatic rings. The molecule has 0 unspecified atom stereocenters. The first-order chi connectivity index (χ1) is 16.0. The molecule has 172 valence electrons. The summed E-state index contributed by atoms with van der Waals surface area (Å²) in [6.45, 7) is 8.42. The summed E-state index contributed by atoms with van der Waals surface area (Å²) < 4.78 is 1.95. The van der Waals surface area contributed by atoms with Gasteiger partial charge in [0.15, 0.2) is 11.0 Å². The van der Waals surface area contributed by atoms with Crippen LogP contribution in [-0.4, -0.2) is 32.3 Å². The van der Waals surface area contributed by atoms with E-state index in [0.29, 0.717) is 35.3 Å². The molecule has 0 bridgehead atoms. The van der Waals surface area contributed by atoms with Crippen molar-refractivity contribution in [2.45, 2.75) is 38.0 Å². The number of hydrogen-bond acceptors (Lipinski definition) is 5. The number of amides is 2. The number of nitrogens with zero attached hydrogens (tertiary/aromatic N) is 3. The molecule has 1 atom stereocenters. The Morgan fingerprint density at radius 1 is 1.06 bits per heavy atom. The Labute approximate surface area is 198 Å². The van der Waals surface area contributed by atoms with Gasteiger partial charge in [-0.3, -0.25) is 9.59 Å². The van der Waals surface area contributed by atoms with E-state index >= 15 is 0 Å². The lowest BCUT2D eigenvalue weighted by atomic mass is 10.0. The third-order valence-corrected chi connectivity index (χ3v) is 5.91. The van der Waals surface area contributed by atoms with Gasteiger partial charge in [0.1, 0.15) is 0 Å². The second-order valence-corrected chi connectivity index (χ2v) is 8.88. The molecule has 1 aromatic heterocycles. The van der Waals surface area contributed by atoms with E-state index in [0.717, 1.165) is 5.69 Å². The number of carbonyl (C=O) groups is 2. The molecule has 0 saturated heterocycles. The van der Waals surface area contributed by atoms with E-state index in [-0.39, 0.29) is 23.8 Å². The van der Waals surface area contributed by atoms with Gasteiger partial charge in [-0.1, -0.05) is 68.1 Å². The molecule has 0 radical (unpaired) electrons. The number of hydrogen-bond donors (Lipinski definition) is 2. The smallest absolute Gasteiger partial charge is 0.251 e. The van der Waals surface area contributed by atoms with E-state index in [9.17, 15) is 9.59 Å². The number of benzene rings is 2. The van der Waals surface area contributed by atoms with Crippen LogP contribution in [0.1, 0.15) is 42.5 Å². The Morgan fingerprint density at radius 2 is 1.73 bits per heavy atom. The third kappa shape index (κ3) is 6.79. The number of aromatic nitrogens is 3. The van der Waals surface area contributed by atoms with Crippen molar-refractivity contribution in [3.63, 3.8) is 0 Å². The first-order valence-electron chi connectivity index (χ1n) is 10.9. The minimum absolute atomic E-state index is 0.0566. The van der Waals surface area contributed by atoms with Gasteiger partial charge in [0.05, 0.1) is 6.04 Å². The quantitative estimate of drug-likeness (QED) is 0.317. The van der Waals surface area contributed by atoms with Crippen LogP contribution in [0.5, 0.6) is 0 Å². The molecule has 2 N–H and O–H groups in total. The van der Waals surface area contributed by atoms with Crippen LogP contribution in [0.25, 0.3) is 0 Å². The maximum Gasteiger partial charge on any atom is 0.251 e. The highest BCUT2D eigenvalue weighted by Gasteiger charge is 2.26. The fourth-order valence-electron chi connectivity index (χ4n) is 3.26. The van der Waals surface area contributed by atoms with E-state index in [1.807, 2.05) is 66.9 Å². The van der Waals surface area contributed by atoms with Gasteiger partial charge in [0.25, 0.3) is 5.91 Å². The second kappa shape index (κ2) is 12.0. The molecule has 0 saturated carbocycles. The Balaban J connectivity index is 1.68. The van der Waals surface area contributed by atoms with Crippen LogP contribution in [0.4, 0.5) is 5.69 Å². The monoisotopic (exact) mass is 463 g/mol. The standard InChI is InChI=1S/C25H29N5O2S/c1-4-16-30-23(22(18(2)3)27-24(32)19-11-7-5-8-12-19)28-29-25(30)33-17-15-21(31)26-20-13-9-6-10-14-20/h4-14,18,22H,1,15-17H2,2-3H3,(H,26,31)(H,27,32)/t22-/m0/s1. The van der Waals surface area contributed by atoms with E-state index in [1.165, 1.54) is 11.8 Å². The largest absolute Gasteiger partial charge is 0.342 e. The van der Waals surface area contributed by atoms with Crippen molar-refractivity contribution in [1.82, 2.24) is 20.1 Å². The van der Waals surface area contributed by atoms with E-state index in [1.54, 1.807) is 18.2 Å². The maximum atomic E-state index is 12.8. The summed E-state index contributed by atoms with van der Waals surface area (Å²) >= 11 is 1.46.